The van der Waals surface area contributed by atoms with E-state index < -0.39 is 6.09 Å². The van der Waals surface area contributed by atoms with Crippen molar-refractivity contribution in [1.82, 2.24) is 15.1 Å². The number of nitrogens with one attached hydrogen (secondary N) is 2. The Morgan fingerprint density at radius 2 is 1.91 bits per heavy atom. The van der Waals surface area contributed by atoms with E-state index in [1.54, 1.807) is 24.0 Å². The first-order chi connectivity index (χ1) is 11.1. The van der Waals surface area contributed by atoms with Gasteiger partial charge in [0.05, 0.1) is 13.7 Å². The fourth-order valence-corrected chi connectivity index (χ4v) is 2.26. The largest absolute Gasteiger partial charge is 0.453 e. The minimum absolute atomic E-state index is 0.217. The van der Waals surface area contributed by atoms with Crippen molar-refractivity contribution in [3.63, 3.8) is 0 Å². The second-order valence-corrected chi connectivity index (χ2v) is 5.02. The SMILES string of the molecule is CCOC(=O)N1CCC(Nc2ccc(NC(=O)OC)nn2)CC1. The number of piperidine rings is 1. The number of rotatable bonds is 4. The summed E-state index contributed by atoms with van der Waals surface area (Å²) in [4.78, 5) is 24.4. The Labute approximate surface area is 134 Å². The maximum Gasteiger partial charge on any atom is 0.412 e. The average molecular weight is 323 g/mol. The minimum Gasteiger partial charge on any atom is -0.453 e. The van der Waals surface area contributed by atoms with Crippen LogP contribution < -0.4 is 10.6 Å². The Morgan fingerprint density at radius 1 is 1.26 bits per heavy atom. The fourth-order valence-electron chi connectivity index (χ4n) is 2.26. The van der Waals surface area contributed by atoms with E-state index in [9.17, 15) is 9.59 Å². The van der Waals surface area contributed by atoms with Gasteiger partial charge in [-0.25, -0.2) is 9.59 Å². The van der Waals surface area contributed by atoms with Gasteiger partial charge in [0.25, 0.3) is 0 Å². The highest BCUT2D eigenvalue weighted by Crippen LogP contribution is 2.16. The van der Waals surface area contributed by atoms with Gasteiger partial charge in [-0.1, -0.05) is 0 Å². The molecule has 0 aliphatic carbocycles. The number of methoxy groups -OCH3 is 1. The number of hydrogen-bond donors (Lipinski definition) is 2. The zero-order chi connectivity index (χ0) is 16.7. The maximum atomic E-state index is 11.6. The molecular formula is C14H21N5O4. The average Bonchev–Trinajstić information content (AvgIpc) is 2.57. The third-order valence-corrected chi connectivity index (χ3v) is 3.45. The molecule has 0 unspecified atom stereocenters. The zero-order valence-electron chi connectivity index (χ0n) is 13.2. The highest BCUT2D eigenvalue weighted by molar-refractivity contribution is 5.83. The van der Waals surface area contributed by atoms with Gasteiger partial charge in [-0.2, -0.15) is 0 Å². The zero-order valence-corrected chi connectivity index (χ0v) is 13.2. The Bertz CT molecular complexity index is 528. The summed E-state index contributed by atoms with van der Waals surface area (Å²) in [6.07, 6.45) is 0.765. The van der Waals surface area contributed by atoms with E-state index in [1.165, 1.54) is 7.11 Å². The number of aromatic nitrogens is 2. The second-order valence-electron chi connectivity index (χ2n) is 5.02. The van der Waals surface area contributed by atoms with Crippen molar-refractivity contribution in [1.29, 1.82) is 0 Å². The van der Waals surface area contributed by atoms with Crippen LogP contribution in [0.4, 0.5) is 21.2 Å². The van der Waals surface area contributed by atoms with Crippen molar-refractivity contribution in [3.8, 4) is 0 Å². The number of amides is 2. The lowest BCUT2D eigenvalue weighted by Crippen LogP contribution is -2.42. The molecule has 9 nitrogen and oxygen atoms in total. The van der Waals surface area contributed by atoms with Gasteiger partial charge in [-0.3, -0.25) is 5.32 Å². The van der Waals surface area contributed by atoms with Crippen molar-refractivity contribution in [2.45, 2.75) is 25.8 Å². The minimum atomic E-state index is -0.591. The molecule has 0 radical (unpaired) electrons. The summed E-state index contributed by atoms with van der Waals surface area (Å²) in [7, 11) is 1.28. The molecule has 1 aliphatic heterocycles. The monoisotopic (exact) mass is 323 g/mol. The molecule has 1 fully saturated rings. The van der Waals surface area contributed by atoms with Crippen molar-refractivity contribution in [3.05, 3.63) is 12.1 Å². The predicted molar refractivity (Wildman–Crippen MR) is 83.3 cm³/mol. The normalized spacial score (nSPS) is 15.0. The molecule has 23 heavy (non-hydrogen) atoms. The summed E-state index contributed by atoms with van der Waals surface area (Å²) in [5.41, 5.74) is 0. The number of nitrogens with zero attached hydrogens (tertiary/aromatic N) is 3. The van der Waals surface area contributed by atoms with E-state index in [2.05, 4.69) is 25.6 Å². The predicted octanol–water partition coefficient (Wildman–Crippen LogP) is 1.69. The van der Waals surface area contributed by atoms with Crippen molar-refractivity contribution in [2.75, 3.05) is 37.4 Å². The number of ether oxygens (including phenoxy) is 2. The third-order valence-electron chi connectivity index (χ3n) is 3.45. The van der Waals surface area contributed by atoms with E-state index in [0.29, 0.717) is 31.3 Å². The first-order valence-corrected chi connectivity index (χ1v) is 7.49. The lowest BCUT2D eigenvalue weighted by Gasteiger charge is -2.31. The Hall–Kier alpha value is -2.58. The van der Waals surface area contributed by atoms with Gasteiger partial charge < -0.3 is 19.7 Å². The van der Waals surface area contributed by atoms with Crippen LogP contribution in [0.5, 0.6) is 0 Å². The molecule has 126 valence electrons. The standard InChI is InChI=1S/C14H21N5O4/c1-3-23-14(21)19-8-6-10(7-9-19)15-11-4-5-12(18-17-11)16-13(20)22-2/h4-5,10H,3,6-9H2,1-2H3,(H,15,17)(H,16,18,20). The molecule has 2 heterocycles. The van der Waals surface area contributed by atoms with Crippen LogP contribution in [-0.4, -0.2) is 60.1 Å². The highest BCUT2D eigenvalue weighted by atomic mass is 16.6. The lowest BCUT2D eigenvalue weighted by atomic mass is 10.1. The van der Waals surface area contributed by atoms with Gasteiger partial charge in [-0.05, 0) is 31.9 Å². The molecule has 1 saturated heterocycles. The summed E-state index contributed by atoms with van der Waals surface area (Å²) in [6, 6.07) is 3.59. The molecule has 2 N–H and O–H groups in total. The molecule has 1 aliphatic rings. The van der Waals surface area contributed by atoms with Crippen LogP contribution in [0.15, 0.2) is 12.1 Å². The summed E-state index contributed by atoms with van der Waals surface area (Å²) in [6.45, 7) is 3.47. The molecule has 2 rings (SSSR count). The van der Waals surface area contributed by atoms with Crippen LogP contribution in [0.3, 0.4) is 0 Å². The van der Waals surface area contributed by atoms with Crippen molar-refractivity contribution in [2.24, 2.45) is 0 Å². The van der Waals surface area contributed by atoms with Gasteiger partial charge in [0.15, 0.2) is 5.82 Å². The quantitative estimate of drug-likeness (QED) is 0.868. The van der Waals surface area contributed by atoms with Crippen LogP contribution in [0.25, 0.3) is 0 Å². The van der Waals surface area contributed by atoms with Crippen LogP contribution in [0.2, 0.25) is 0 Å². The first-order valence-electron chi connectivity index (χ1n) is 7.49. The third kappa shape index (κ3) is 4.97. The summed E-state index contributed by atoms with van der Waals surface area (Å²) < 4.78 is 9.47. The van der Waals surface area contributed by atoms with Crippen LogP contribution in [-0.2, 0) is 9.47 Å². The highest BCUT2D eigenvalue weighted by Gasteiger charge is 2.23. The summed E-state index contributed by atoms with van der Waals surface area (Å²) in [5.74, 6) is 0.939. The second kappa shape index (κ2) is 8.16. The van der Waals surface area contributed by atoms with Gasteiger partial charge in [0.1, 0.15) is 5.82 Å². The Morgan fingerprint density at radius 3 is 2.48 bits per heavy atom. The number of carbonyl (C=O) groups excluding carboxylic acids is 2. The lowest BCUT2D eigenvalue weighted by molar-refractivity contribution is 0.0983. The number of carbonyl (C=O) groups is 2. The summed E-state index contributed by atoms with van der Waals surface area (Å²) in [5, 5.41) is 13.6. The van der Waals surface area contributed by atoms with Crippen LogP contribution >= 0.6 is 0 Å². The van der Waals surface area contributed by atoms with Crippen LogP contribution in [0, 0.1) is 0 Å². The maximum absolute atomic E-state index is 11.6. The van der Waals surface area contributed by atoms with E-state index in [4.69, 9.17) is 4.74 Å². The molecular weight excluding hydrogens is 302 g/mol. The van der Waals surface area contributed by atoms with Gasteiger partial charge in [0.2, 0.25) is 0 Å². The molecule has 0 saturated carbocycles. The number of likely N-dealkylation sites (tertiary alicyclic amines) is 1. The van der Waals surface area contributed by atoms with Gasteiger partial charge in [0, 0.05) is 19.1 Å². The molecule has 0 bridgehead atoms. The Balaban J connectivity index is 1.80. The van der Waals surface area contributed by atoms with Crippen molar-refractivity contribution < 1.29 is 19.1 Å². The van der Waals surface area contributed by atoms with Crippen LogP contribution in [0.1, 0.15) is 19.8 Å². The van der Waals surface area contributed by atoms with Gasteiger partial charge in [-0.15, -0.1) is 10.2 Å². The molecule has 0 spiro atoms. The number of hydrogen-bond acceptors (Lipinski definition) is 7. The van der Waals surface area contributed by atoms with E-state index >= 15 is 0 Å². The molecule has 1 aromatic heterocycles. The fraction of sp³-hybridized carbons (Fsp3) is 0.571. The smallest absolute Gasteiger partial charge is 0.412 e. The van der Waals surface area contributed by atoms with Gasteiger partial charge >= 0.3 is 12.2 Å². The van der Waals surface area contributed by atoms with E-state index in [0.717, 1.165) is 12.8 Å². The van der Waals surface area contributed by atoms with E-state index in [-0.39, 0.29) is 12.1 Å². The Kier molecular flexibility index (Phi) is 5.95. The topological polar surface area (TPSA) is 106 Å². The van der Waals surface area contributed by atoms with E-state index in [1.807, 2.05) is 0 Å². The number of anilines is 2. The summed E-state index contributed by atoms with van der Waals surface area (Å²) >= 11 is 0. The molecule has 2 amide bonds. The molecule has 0 aromatic carbocycles. The first kappa shape index (κ1) is 16.8. The molecule has 9 heteroatoms. The van der Waals surface area contributed by atoms with Crippen molar-refractivity contribution >= 4 is 23.8 Å². The molecule has 0 atom stereocenters. The molecule has 1 aromatic rings.